The number of anilines is 1. The van der Waals surface area contributed by atoms with Crippen LogP contribution in [-0.2, 0) is 17.8 Å². The van der Waals surface area contributed by atoms with Crippen LogP contribution in [0, 0.1) is 5.82 Å². The van der Waals surface area contributed by atoms with Crippen molar-refractivity contribution in [2.24, 2.45) is 0 Å². The van der Waals surface area contributed by atoms with Gasteiger partial charge in [0.2, 0.25) is 5.91 Å². The summed E-state index contributed by atoms with van der Waals surface area (Å²) in [6.45, 7) is 6.40. The van der Waals surface area contributed by atoms with Crippen molar-refractivity contribution in [3.8, 4) is 5.75 Å². The molecule has 1 aliphatic rings. The lowest BCUT2D eigenvalue weighted by molar-refractivity contribution is -0.117. The number of halogens is 1. The second-order valence-electron chi connectivity index (χ2n) is 7.11. The predicted molar refractivity (Wildman–Crippen MR) is 109 cm³/mol. The molecule has 0 aliphatic carbocycles. The second kappa shape index (κ2) is 9.66. The Morgan fingerprint density at radius 3 is 2.57 bits per heavy atom. The monoisotopic (exact) mass is 385 g/mol. The summed E-state index contributed by atoms with van der Waals surface area (Å²) >= 11 is 0. The van der Waals surface area contributed by atoms with Gasteiger partial charge in [0, 0.05) is 44.0 Å². The molecular formula is C22H28FN3O2. The second-order valence-corrected chi connectivity index (χ2v) is 7.11. The van der Waals surface area contributed by atoms with Crippen LogP contribution in [0.15, 0.2) is 42.5 Å². The number of hydrogen-bond donors (Lipinski definition) is 1. The van der Waals surface area contributed by atoms with E-state index < -0.39 is 0 Å². The van der Waals surface area contributed by atoms with Crippen LogP contribution in [-0.4, -0.2) is 55.5 Å². The number of amides is 1. The van der Waals surface area contributed by atoms with Crippen molar-refractivity contribution in [1.82, 2.24) is 9.80 Å². The predicted octanol–water partition coefficient (Wildman–Crippen LogP) is 3.15. The van der Waals surface area contributed by atoms with E-state index in [-0.39, 0.29) is 11.7 Å². The highest BCUT2D eigenvalue weighted by Gasteiger charge is 2.20. The van der Waals surface area contributed by atoms with E-state index in [9.17, 15) is 9.18 Å². The molecule has 1 saturated heterocycles. The molecule has 2 aromatic carbocycles. The Hall–Kier alpha value is -2.44. The van der Waals surface area contributed by atoms with E-state index >= 15 is 0 Å². The zero-order valence-electron chi connectivity index (χ0n) is 16.6. The van der Waals surface area contributed by atoms with Gasteiger partial charge in [-0.15, -0.1) is 0 Å². The molecule has 1 N–H and O–H groups in total. The van der Waals surface area contributed by atoms with Gasteiger partial charge in [-0.3, -0.25) is 14.6 Å². The van der Waals surface area contributed by atoms with Crippen LogP contribution in [0.3, 0.4) is 0 Å². The number of rotatable bonds is 7. The molecule has 0 saturated carbocycles. The smallest absolute Gasteiger partial charge is 0.238 e. The van der Waals surface area contributed by atoms with Gasteiger partial charge in [-0.25, -0.2) is 4.39 Å². The standard InChI is InChI=1S/C22H28FN3O2/c1-3-17-5-4-6-20(13-17)24-22(27)16-26-11-9-25(10-12-26)15-18-14-19(23)7-8-21(18)28-2/h4-8,13-14H,3,9-12,15-16H2,1-2H3,(H,24,27). The molecule has 1 aliphatic heterocycles. The van der Waals surface area contributed by atoms with Crippen LogP contribution in [0.5, 0.6) is 5.75 Å². The summed E-state index contributed by atoms with van der Waals surface area (Å²) in [5, 5.41) is 2.98. The van der Waals surface area contributed by atoms with Crippen molar-refractivity contribution in [3.05, 3.63) is 59.4 Å². The van der Waals surface area contributed by atoms with Crippen molar-refractivity contribution in [2.75, 3.05) is 45.2 Å². The number of aryl methyl sites for hydroxylation is 1. The number of benzene rings is 2. The Labute approximate surface area is 166 Å². The lowest BCUT2D eigenvalue weighted by Gasteiger charge is -2.34. The van der Waals surface area contributed by atoms with Gasteiger partial charge in [0.25, 0.3) is 0 Å². The van der Waals surface area contributed by atoms with Crippen molar-refractivity contribution in [3.63, 3.8) is 0 Å². The number of hydrogen-bond acceptors (Lipinski definition) is 4. The number of nitrogens with one attached hydrogen (secondary N) is 1. The van der Waals surface area contributed by atoms with E-state index in [0.29, 0.717) is 18.8 Å². The Balaban J connectivity index is 1.47. The Kier molecular flexibility index (Phi) is 7.01. The number of carbonyl (C=O) groups is 1. The van der Waals surface area contributed by atoms with E-state index in [2.05, 4.69) is 28.1 Å². The summed E-state index contributed by atoms with van der Waals surface area (Å²) in [5.74, 6) is 0.462. The maximum Gasteiger partial charge on any atom is 0.238 e. The van der Waals surface area contributed by atoms with Crippen LogP contribution in [0.1, 0.15) is 18.1 Å². The topological polar surface area (TPSA) is 44.8 Å². The van der Waals surface area contributed by atoms with E-state index in [1.807, 2.05) is 18.2 Å². The largest absolute Gasteiger partial charge is 0.496 e. The number of nitrogens with zero attached hydrogens (tertiary/aromatic N) is 2. The lowest BCUT2D eigenvalue weighted by atomic mass is 10.1. The molecule has 0 atom stereocenters. The molecular weight excluding hydrogens is 357 g/mol. The van der Waals surface area contributed by atoms with Gasteiger partial charge >= 0.3 is 0 Å². The van der Waals surface area contributed by atoms with Crippen LogP contribution in [0.4, 0.5) is 10.1 Å². The first-order chi connectivity index (χ1) is 13.6. The molecule has 28 heavy (non-hydrogen) atoms. The van der Waals surface area contributed by atoms with Crippen molar-refractivity contribution >= 4 is 11.6 Å². The van der Waals surface area contributed by atoms with Gasteiger partial charge in [-0.2, -0.15) is 0 Å². The quantitative estimate of drug-likeness (QED) is 0.795. The zero-order chi connectivity index (χ0) is 19.9. The first-order valence-corrected chi connectivity index (χ1v) is 9.73. The van der Waals surface area contributed by atoms with E-state index in [0.717, 1.165) is 43.9 Å². The Bertz CT molecular complexity index is 804. The SMILES string of the molecule is CCc1cccc(NC(=O)CN2CCN(Cc3cc(F)ccc3OC)CC2)c1. The van der Waals surface area contributed by atoms with Crippen LogP contribution >= 0.6 is 0 Å². The number of carbonyl (C=O) groups excluding carboxylic acids is 1. The lowest BCUT2D eigenvalue weighted by Crippen LogP contribution is -2.48. The van der Waals surface area contributed by atoms with Crippen LogP contribution < -0.4 is 10.1 Å². The molecule has 3 rings (SSSR count). The summed E-state index contributed by atoms with van der Waals surface area (Å²) in [5.41, 5.74) is 2.91. The number of ether oxygens (including phenoxy) is 1. The molecule has 0 radical (unpaired) electrons. The maximum absolute atomic E-state index is 13.5. The minimum atomic E-state index is -0.252. The molecule has 0 aromatic heterocycles. The highest BCUT2D eigenvalue weighted by molar-refractivity contribution is 5.92. The van der Waals surface area contributed by atoms with Gasteiger partial charge in [-0.1, -0.05) is 19.1 Å². The third-order valence-electron chi connectivity index (χ3n) is 5.09. The molecule has 150 valence electrons. The van der Waals surface area contributed by atoms with E-state index in [4.69, 9.17) is 4.74 Å². The van der Waals surface area contributed by atoms with Gasteiger partial charge < -0.3 is 10.1 Å². The highest BCUT2D eigenvalue weighted by Crippen LogP contribution is 2.21. The molecule has 2 aromatic rings. The third-order valence-corrected chi connectivity index (χ3v) is 5.09. The van der Waals surface area contributed by atoms with Gasteiger partial charge in [-0.05, 0) is 42.3 Å². The molecule has 0 bridgehead atoms. The fraction of sp³-hybridized carbons (Fsp3) is 0.409. The van der Waals surface area contributed by atoms with Crippen LogP contribution in [0.25, 0.3) is 0 Å². The van der Waals surface area contributed by atoms with Crippen molar-refractivity contribution in [2.45, 2.75) is 19.9 Å². The molecule has 0 spiro atoms. The number of methoxy groups -OCH3 is 1. The third kappa shape index (κ3) is 5.53. The van der Waals surface area contributed by atoms with Gasteiger partial charge in [0.1, 0.15) is 11.6 Å². The fourth-order valence-electron chi connectivity index (χ4n) is 3.49. The number of piperazine rings is 1. The molecule has 1 amide bonds. The van der Waals surface area contributed by atoms with E-state index in [1.165, 1.54) is 17.7 Å². The Morgan fingerprint density at radius 2 is 1.86 bits per heavy atom. The minimum absolute atomic E-state index is 0.00787. The summed E-state index contributed by atoms with van der Waals surface area (Å²) in [6, 6.07) is 12.6. The first kappa shape index (κ1) is 20.3. The van der Waals surface area contributed by atoms with Gasteiger partial charge in [0.15, 0.2) is 0 Å². The zero-order valence-corrected chi connectivity index (χ0v) is 16.6. The summed E-state index contributed by atoms with van der Waals surface area (Å²) in [6.07, 6.45) is 0.946. The molecule has 1 heterocycles. The molecule has 0 unspecified atom stereocenters. The fourth-order valence-corrected chi connectivity index (χ4v) is 3.49. The average molecular weight is 385 g/mol. The Morgan fingerprint density at radius 1 is 1.11 bits per heavy atom. The maximum atomic E-state index is 13.5. The minimum Gasteiger partial charge on any atom is -0.496 e. The first-order valence-electron chi connectivity index (χ1n) is 9.73. The molecule has 5 nitrogen and oxygen atoms in total. The summed E-state index contributed by atoms with van der Waals surface area (Å²) in [4.78, 5) is 16.8. The van der Waals surface area contributed by atoms with E-state index in [1.54, 1.807) is 13.2 Å². The average Bonchev–Trinajstić information content (AvgIpc) is 2.70. The van der Waals surface area contributed by atoms with Crippen molar-refractivity contribution in [1.29, 1.82) is 0 Å². The van der Waals surface area contributed by atoms with Crippen molar-refractivity contribution < 1.29 is 13.9 Å². The molecule has 6 heteroatoms. The normalized spacial score (nSPS) is 15.4. The molecule has 1 fully saturated rings. The summed E-state index contributed by atoms with van der Waals surface area (Å²) < 4.78 is 18.9. The van der Waals surface area contributed by atoms with Crippen LogP contribution in [0.2, 0.25) is 0 Å². The van der Waals surface area contributed by atoms with Gasteiger partial charge in [0.05, 0.1) is 13.7 Å². The summed E-state index contributed by atoms with van der Waals surface area (Å²) in [7, 11) is 1.60. The highest BCUT2D eigenvalue weighted by atomic mass is 19.1.